The van der Waals surface area contributed by atoms with Gasteiger partial charge in [0.1, 0.15) is 0 Å². The van der Waals surface area contributed by atoms with Gasteiger partial charge in [-0.15, -0.1) is 21.5 Å². The first-order valence-corrected chi connectivity index (χ1v) is 9.49. The minimum atomic E-state index is -0.548. The molecular weight excluding hydrogens is 372 g/mol. The number of aromatic nitrogens is 3. The largest absolute Gasteiger partial charge is 0.335 e. The van der Waals surface area contributed by atoms with Crippen molar-refractivity contribution in [2.24, 2.45) is 0 Å². The van der Waals surface area contributed by atoms with Crippen LogP contribution in [0.25, 0.3) is 10.7 Å². The van der Waals surface area contributed by atoms with Gasteiger partial charge in [0.15, 0.2) is 5.82 Å². The maximum absolute atomic E-state index is 11.9. The molecule has 26 heavy (non-hydrogen) atoms. The average molecular weight is 388 g/mol. The zero-order valence-electron chi connectivity index (χ0n) is 13.6. The molecule has 0 spiro atoms. The third-order valence-electron chi connectivity index (χ3n) is 3.29. The summed E-state index contributed by atoms with van der Waals surface area (Å²) >= 11 is 2.60. The number of hydrogen-bond donors (Lipinski definition) is 3. The van der Waals surface area contributed by atoms with Crippen LogP contribution < -0.4 is 16.5 Å². The molecule has 1 aromatic carbocycles. The Hall–Kier alpha value is -2.85. The van der Waals surface area contributed by atoms with Gasteiger partial charge < -0.3 is 11.2 Å². The molecule has 3 amide bonds. The Bertz CT molecular complexity index is 880. The van der Waals surface area contributed by atoms with E-state index in [4.69, 9.17) is 5.84 Å². The second kappa shape index (κ2) is 8.50. The zero-order chi connectivity index (χ0) is 18.4. The third kappa shape index (κ3) is 4.61. The number of nitrogen functional groups attached to an aromatic ring is 1. The van der Waals surface area contributed by atoms with Gasteiger partial charge in [0.25, 0.3) is 0 Å². The van der Waals surface area contributed by atoms with Gasteiger partial charge in [-0.05, 0) is 17.0 Å². The molecule has 134 valence electrons. The van der Waals surface area contributed by atoms with Crippen molar-refractivity contribution >= 4 is 35.0 Å². The van der Waals surface area contributed by atoms with Crippen LogP contribution in [0.1, 0.15) is 5.56 Å². The fourth-order valence-corrected chi connectivity index (χ4v) is 3.43. The Morgan fingerprint density at radius 3 is 2.69 bits per heavy atom. The van der Waals surface area contributed by atoms with E-state index < -0.39 is 11.9 Å². The minimum Gasteiger partial charge on any atom is -0.335 e. The number of rotatable bonds is 6. The molecule has 0 aliphatic carbocycles. The van der Waals surface area contributed by atoms with Crippen LogP contribution >= 0.6 is 23.1 Å². The van der Waals surface area contributed by atoms with Crippen LogP contribution in [0.5, 0.6) is 0 Å². The maximum Gasteiger partial charge on any atom is 0.321 e. The van der Waals surface area contributed by atoms with Gasteiger partial charge >= 0.3 is 6.03 Å². The molecule has 3 aromatic rings. The lowest BCUT2D eigenvalue weighted by molar-refractivity contribution is -0.117. The number of urea groups is 1. The molecule has 0 bridgehead atoms. The van der Waals surface area contributed by atoms with E-state index in [0.29, 0.717) is 17.5 Å². The fourth-order valence-electron chi connectivity index (χ4n) is 2.06. The predicted molar refractivity (Wildman–Crippen MR) is 101 cm³/mol. The summed E-state index contributed by atoms with van der Waals surface area (Å²) in [6.07, 6.45) is 0. The van der Waals surface area contributed by atoms with Crippen molar-refractivity contribution in [3.8, 4) is 10.7 Å². The monoisotopic (exact) mass is 388 g/mol. The number of thiophene rings is 1. The van der Waals surface area contributed by atoms with Crippen molar-refractivity contribution in [3.05, 3.63) is 53.4 Å². The fraction of sp³-hybridized carbons (Fsp3) is 0.125. The number of thioether (sulfide) groups is 1. The summed E-state index contributed by atoms with van der Waals surface area (Å²) < 4.78 is 1.33. The van der Waals surface area contributed by atoms with Crippen molar-refractivity contribution in [1.82, 2.24) is 25.5 Å². The summed E-state index contributed by atoms with van der Waals surface area (Å²) in [7, 11) is 0. The predicted octanol–water partition coefficient (Wildman–Crippen LogP) is 1.84. The van der Waals surface area contributed by atoms with E-state index in [1.54, 1.807) is 0 Å². The number of hydrogen-bond acceptors (Lipinski definition) is 7. The molecule has 0 atom stereocenters. The Morgan fingerprint density at radius 2 is 1.96 bits per heavy atom. The number of amides is 3. The third-order valence-corrected chi connectivity index (χ3v) is 5.10. The van der Waals surface area contributed by atoms with Gasteiger partial charge in [0, 0.05) is 6.54 Å². The Labute approximate surface area is 157 Å². The number of carbonyl (C=O) groups is 2. The van der Waals surface area contributed by atoms with E-state index in [1.807, 2.05) is 47.8 Å². The summed E-state index contributed by atoms with van der Waals surface area (Å²) in [5.41, 5.74) is 0.946. The van der Waals surface area contributed by atoms with Crippen LogP contribution in [-0.2, 0) is 11.3 Å². The zero-order valence-corrected chi connectivity index (χ0v) is 15.2. The molecule has 0 unspecified atom stereocenters. The first-order valence-electron chi connectivity index (χ1n) is 7.62. The number of carbonyl (C=O) groups excluding carboxylic acids is 2. The van der Waals surface area contributed by atoms with Crippen molar-refractivity contribution in [2.75, 3.05) is 11.6 Å². The first kappa shape index (κ1) is 18.0. The summed E-state index contributed by atoms with van der Waals surface area (Å²) in [5, 5.41) is 15.2. The van der Waals surface area contributed by atoms with Crippen molar-refractivity contribution in [2.45, 2.75) is 11.7 Å². The summed E-state index contributed by atoms with van der Waals surface area (Å²) in [5.74, 6) is 6.05. The smallest absolute Gasteiger partial charge is 0.321 e. The Morgan fingerprint density at radius 1 is 1.15 bits per heavy atom. The van der Waals surface area contributed by atoms with E-state index in [-0.39, 0.29) is 5.75 Å². The van der Waals surface area contributed by atoms with E-state index in [9.17, 15) is 9.59 Å². The topological polar surface area (TPSA) is 115 Å². The summed E-state index contributed by atoms with van der Waals surface area (Å²) in [6, 6.07) is 12.7. The minimum absolute atomic E-state index is 0.00146. The lowest BCUT2D eigenvalue weighted by atomic mass is 10.2. The molecule has 8 nitrogen and oxygen atoms in total. The SMILES string of the molecule is Nn1c(SCC(=O)NC(=O)NCc2ccccc2)nnc1-c1cccs1. The number of nitrogens with one attached hydrogen (secondary N) is 2. The number of benzene rings is 1. The van der Waals surface area contributed by atoms with Crippen molar-refractivity contribution in [3.63, 3.8) is 0 Å². The molecule has 0 saturated carbocycles. The molecular formula is C16H16N6O2S2. The Kier molecular flexibility index (Phi) is 5.87. The van der Waals surface area contributed by atoms with E-state index in [2.05, 4.69) is 20.8 Å². The quantitative estimate of drug-likeness (QED) is 0.438. The highest BCUT2D eigenvalue weighted by molar-refractivity contribution is 7.99. The normalized spacial score (nSPS) is 10.5. The van der Waals surface area contributed by atoms with Crippen molar-refractivity contribution < 1.29 is 9.59 Å². The van der Waals surface area contributed by atoms with Gasteiger partial charge in [-0.1, -0.05) is 48.2 Å². The molecule has 2 aromatic heterocycles. The standard InChI is InChI=1S/C16H16N6O2S2/c17-22-14(12-7-4-8-25-12)20-21-16(22)26-10-13(23)19-15(24)18-9-11-5-2-1-3-6-11/h1-8H,9-10,17H2,(H2,18,19,23,24). The molecule has 0 aliphatic heterocycles. The average Bonchev–Trinajstić information content (AvgIpc) is 3.29. The highest BCUT2D eigenvalue weighted by atomic mass is 32.2. The van der Waals surface area contributed by atoms with Crippen LogP contribution in [-0.4, -0.2) is 32.6 Å². The molecule has 10 heteroatoms. The number of nitrogens with zero attached hydrogens (tertiary/aromatic N) is 3. The van der Waals surface area contributed by atoms with E-state index >= 15 is 0 Å². The van der Waals surface area contributed by atoms with Gasteiger partial charge in [0.2, 0.25) is 11.1 Å². The van der Waals surface area contributed by atoms with Crippen LogP contribution in [0.3, 0.4) is 0 Å². The lowest BCUT2D eigenvalue weighted by Crippen LogP contribution is -2.40. The number of nitrogens with two attached hydrogens (primary N) is 1. The van der Waals surface area contributed by atoms with Crippen LogP contribution in [0.4, 0.5) is 4.79 Å². The lowest BCUT2D eigenvalue weighted by Gasteiger charge is -2.06. The number of imide groups is 1. The molecule has 0 aliphatic rings. The molecule has 0 fully saturated rings. The van der Waals surface area contributed by atoms with E-state index in [1.165, 1.54) is 16.0 Å². The van der Waals surface area contributed by atoms with Crippen molar-refractivity contribution in [1.29, 1.82) is 0 Å². The summed E-state index contributed by atoms with van der Waals surface area (Å²) in [4.78, 5) is 24.5. The molecule has 0 saturated heterocycles. The van der Waals surface area contributed by atoms with Crippen LogP contribution in [0, 0.1) is 0 Å². The molecule has 0 radical (unpaired) electrons. The highest BCUT2D eigenvalue weighted by Gasteiger charge is 2.15. The molecule has 3 rings (SSSR count). The first-order chi connectivity index (χ1) is 12.6. The highest BCUT2D eigenvalue weighted by Crippen LogP contribution is 2.24. The van der Waals surface area contributed by atoms with Gasteiger partial charge in [-0.25, -0.2) is 9.47 Å². The van der Waals surface area contributed by atoms with Gasteiger partial charge in [0.05, 0.1) is 10.6 Å². The summed E-state index contributed by atoms with van der Waals surface area (Å²) in [6.45, 7) is 0.342. The Balaban J connectivity index is 1.46. The van der Waals surface area contributed by atoms with Gasteiger partial charge in [-0.3, -0.25) is 10.1 Å². The van der Waals surface area contributed by atoms with Crippen LogP contribution in [0.15, 0.2) is 53.0 Å². The van der Waals surface area contributed by atoms with E-state index in [0.717, 1.165) is 22.2 Å². The second-order valence-corrected chi connectivity index (χ2v) is 7.05. The maximum atomic E-state index is 11.9. The van der Waals surface area contributed by atoms with Gasteiger partial charge in [-0.2, -0.15) is 0 Å². The molecule has 4 N–H and O–H groups in total. The molecule has 2 heterocycles. The second-order valence-electron chi connectivity index (χ2n) is 5.16. The van der Waals surface area contributed by atoms with Crippen LogP contribution in [0.2, 0.25) is 0 Å².